The maximum Gasteiger partial charge on any atom is 0.0519 e. The summed E-state index contributed by atoms with van der Waals surface area (Å²) in [7, 11) is 0. The normalized spacial score (nSPS) is 6.00. The van der Waals surface area contributed by atoms with Gasteiger partial charge in [-0.3, -0.25) is 0 Å². The van der Waals surface area contributed by atoms with E-state index in [9.17, 15) is 0 Å². The van der Waals surface area contributed by atoms with Crippen LogP contribution in [0.15, 0.2) is 0 Å². The summed E-state index contributed by atoms with van der Waals surface area (Å²) in [5.74, 6) is 0.569. The maximum atomic E-state index is 7.80. The fourth-order valence-electron chi connectivity index (χ4n) is 0. The molecule has 0 aromatic heterocycles. The molecule has 3 heteroatoms. The van der Waals surface area contributed by atoms with Crippen molar-refractivity contribution in [3.8, 4) is 0 Å². The summed E-state index contributed by atoms with van der Waals surface area (Å²) in [6.45, 7) is 0.184. The third kappa shape index (κ3) is 10.7. The minimum atomic E-state index is 0. The van der Waals surface area contributed by atoms with Crippen LogP contribution < -0.4 is 0 Å². The van der Waals surface area contributed by atoms with Gasteiger partial charge >= 0.3 is 0 Å². The van der Waals surface area contributed by atoms with Crippen LogP contribution in [-0.4, -0.2) is 68.9 Å². The van der Waals surface area contributed by atoms with Gasteiger partial charge in [-0.1, -0.05) is 0 Å². The van der Waals surface area contributed by atoms with E-state index in [0.717, 1.165) is 0 Å². The Hall–Kier alpha value is 1.95. The Labute approximate surface area is 80.0 Å². The first-order valence-electron chi connectivity index (χ1n) is 1.13. The molecule has 1 N–H and O–H groups in total. The molecule has 1 nitrogen and oxygen atoms in total. The van der Waals surface area contributed by atoms with Crippen LogP contribution >= 0.6 is 12.6 Å². The molecule has 0 aliphatic heterocycles. The van der Waals surface area contributed by atoms with Crippen LogP contribution in [0.5, 0.6) is 0 Å². The molecule has 0 amide bonds. The van der Waals surface area contributed by atoms with E-state index in [1.165, 1.54) is 0 Å². The summed E-state index contributed by atoms with van der Waals surface area (Å²) >= 11 is 3.67. The largest absolute Gasteiger partial charge is 0.396 e. The summed E-state index contributed by atoms with van der Waals surface area (Å²) < 4.78 is 0. The Kier molecular flexibility index (Phi) is 18.8. The summed E-state index contributed by atoms with van der Waals surface area (Å²) in [5, 5.41) is 7.80. The van der Waals surface area contributed by atoms with E-state index >= 15 is 0 Å². The van der Waals surface area contributed by atoms with Crippen LogP contribution in [0.25, 0.3) is 0 Å². The first-order chi connectivity index (χ1) is 1.91. The second-order valence-corrected chi connectivity index (χ2v) is 0.894. The fourth-order valence-corrected chi connectivity index (χ4v) is 0. The third-order valence-corrected chi connectivity index (χ3v) is 0.300. The standard InChI is InChI=1S/C2H6OS.K/c3-1-2-4;/h3-4H,1-2H2;. The Morgan fingerprint density at radius 2 is 1.80 bits per heavy atom. The van der Waals surface area contributed by atoms with E-state index in [-0.39, 0.29) is 58.0 Å². The second kappa shape index (κ2) is 9.34. The first-order valence-corrected chi connectivity index (χ1v) is 1.76. The smallest absolute Gasteiger partial charge is 0.0519 e. The molecule has 0 aromatic rings. The van der Waals surface area contributed by atoms with E-state index in [0.29, 0.717) is 5.75 Å². The van der Waals surface area contributed by atoms with Gasteiger partial charge in [-0.25, -0.2) is 0 Å². The van der Waals surface area contributed by atoms with Crippen molar-refractivity contribution in [3.63, 3.8) is 0 Å². The summed E-state index contributed by atoms with van der Waals surface area (Å²) in [4.78, 5) is 0. The molecular weight excluding hydrogens is 111 g/mol. The summed E-state index contributed by atoms with van der Waals surface area (Å²) in [6, 6.07) is 0. The molecule has 0 saturated heterocycles. The van der Waals surface area contributed by atoms with E-state index in [1.54, 1.807) is 0 Å². The molecule has 0 atom stereocenters. The van der Waals surface area contributed by atoms with Crippen molar-refractivity contribution in [2.24, 2.45) is 0 Å². The predicted molar refractivity (Wildman–Crippen MR) is 26.7 cm³/mol. The molecule has 27 valence electrons. The van der Waals surface area contributed by atoms with Gasteiger partial charge in [0, 0.05) is 57.1 Å². The average molecular weight is 117 g/mol. The van der Waals surface area contributed by atoms with Gasteiger partial charge in [0.05, 0.1) is 6.61 Å². The average Bonchev–Trinajstić information content (AvgIpc) is 1.37. The van der Waals surface area contributed by atoms with Gasteiger partial charge in [-0.15, -0.1) is 0 Å². The van der Waals surface area contributed by atoms with Gasteiger partial charge in [-0.05, 0) is 0 Å². The predicted octanol–water partition coefficient (Wildman–Crippen LogP) is -0.472. The molecule has 0 aliphatic carbocycles. The topological polar surface area (TPSA) is 20.2 Å². The molecular formula is C2H6KOS. The Balaban J connectivity index is 0. The van der Waals surface area contributed by atoms with E-state index < -0.39 is 0 Å². The number of hydrogen-bond acceptors (Lipinski definition) is 2. The molecule has 0 aliphatic rings. The van der Waals surface area contributed by atoms with Crippen molar-refractivity contribution in [2.75, 3.05) is 12.4 Å². The molecule has 0 spiro atoms. The number of thiol groups is 1. The van der Waals surface area contributed by atoms with Crippen LogP contribution in [0.2, 0.25) is 0 Å². The van der Waals surface area contributed by atoms with Crippen molar-refractivity contribution < 1.29 is 5.11 Å². The zero-order chi connectivity index (χ0) is 3.41. The third-order valence-electron chi connectivity index (χ3n) is 0.1000. The van der Waals surface area contributed by atoms with Crippen molar-refractivity contribution >= 4 is 64.0 Å². The van der Waals surface area contributed by atoms with Gasteiger partial charge in [0.2, 0.25) is 0 Å². The summed E-state index contributed by atoms with van der Waals surface area (Å²) in [5.41, 5.74) is 0. The molecule has 0 heterocycles. The van der Waals surface area contributed by atoms with Crippen LogP contribution in [-0.2, 0) is 0 Å². The molecule has 0 rings (SSSR count). The molecule has 0 saturated carbocycles. The minimum Gasteiger partial charge on any atom is -0.396 e. The number of hydrogen-bond donors (Lipinski definition) is 2. The molecule has 5 heavy (non-hydrogen) atoms. The van der Waals surface area contributed by atoms with Crippen LogP contribution in [0.3, 0.4) is 0 Å². The monoisotopic (exact) mass is 117 g/mol. The maximum absolute atomic E-state index is 7.80. The van der Waals surface area contributed by atoms with Gasteiger partial charge in [-0.2, -0.15) is 12.6 Å². The van der Waals surface area contributed by atoms with Gasteiger partial charge in [0.1, 0.15) is 0 Å². The van der Waals surface area contributed by atoms with Crippen LogP contribution in [0, 0.1) is 0 Å². The molecule has 0 bridgehead atoms. The minimum absolute atomic E-state index is 0. The van der Waals surface area contributed by atoms with Crippen molar-refractivity contribution in [3.05, 3.63) is 0 Å². The summed E-state index contributed by atoms with van der Waals surface area (Å²) in [6.07, 6.45) is 0. The molecule has 0 unspecified atom stereocenters. The Morgan fingerprint density at radius 3 is 1.80 bits per heavy atom. The zero-order valence-corrected chi connectivity index (χ0v) is 7.33. The van der Waals surface area contributed by atoms with Crippen LogP contribution in [0.1, 0.15) is 0 Å². The van der Waals surface area contributed by atoms with E-state index in [2.05, 4.69) is 12.6 Å². The SMILES string of the molecule is OCCS.[K]. The Bertz CT molecular complexity index is 11.6. The van der Waals surface area contributed by atoms with Crippen molar-refractivity contribution in [1.29, 1.82) is 0 Å². The molecule has 0 aromatic carbocycles. The van der Waals surface area contributed by atoms with E-state index in [4.69, 9.17) is 5.11 Å². The molecule has 0 fully saturated rings. The Morgan fingerprint density at radius 1 is 1.60 bits per heavy atom. The van der Waals surface area contributed by atoms with Crippen LogP contribution in [0.4, 0.5) is 0 Å². The molecule has 1 radical (unpaired) electrons. The van der Waals surface area contributed by atoms with Gasteiger partial charge in [0.15, 0.2) is 0 Å². The first kappa shape index (κ1) is 10.0. The number of aliphatic hydroxyl groups excluding tert-OH is 1. The quantitative estimate of drug-likeness (QED) is 0.351. The fraction of sp³-hybridized carbons (Fsp3) is 1.00. The van der Waals surface area contributed by atoms with Crippen molar-refractivity contribution in [2.45, 2.75) is 0 Å². The second-order valence-electron chi connectivity index (χ2n) is 0.447. The zero-order valence-electron chi connectivity index (χ0n) is 3.31. The van der Waals surface area contributed by atoms with Gasteiger partial charge < -0.3 is 5.11 Å². The number of aliphatic hydroxyl groups is 1. The van der Waals surface area contributed by atoms with E-state index in [1.807, 2.05) is 0 Å². The van der Waals surface area contributed by atoms with Gasteiger partial charge in [0.25, 0.3) is 0 Å². The number of rotatable bonds is 1. The van der Waals surface area contributed by atoms with Crippen molar-refractivity contribution in [1.82, 2.24) is 0 Å².